The van der Waals surface area contributed by atoms with Gasteiger partial charge in [-0.1, -0.05) is 35.6 Å². The van der Waals surface area contributed by atoms with Crippen molar-refractivity contribution in [1.29, 1.82) is 0 Å². The van der Waals surface area contributed by atoms with Crippen LogP contribution in [0.1, 0.15) is 46.3 Å². The number of hydrogen-bond acceptors (Lipinski definition) is 8. The molecule has 1 fully saturated rings. The van der Waals surface area contributed by atoms with Crippen LogP contribution in [0.25, 0.3) is 12.2 Å². The highest BCUT2D eigenvalue weighted by Gasteiger charge is 2.46. The van der Waals surface area contributed by atoms with E-state index in [4.69, 9.17) is 11.5 Å². The van der Waals surface area contributed by atoms with Crippen LogP contribution in [0.4, 0.5) is 10.9 Å². The fraction of sp³-hybridized carbons (Fsp3) is 0.348. The molecule has 3 aromatic rings. The molecule has 5 rings (SSSR count). The van der Waals surface area contributed by atoms with Gasteiger partial charge in [-0.3, -0.25) is 0 Å². The molecule has 0 amide bonds. The van der Waals surface area contributed by atoms with E-state index in [9.17, 15) is 5.11 Å². The van der Waals surface area contributed by atoms with Gasteiger partial charge in [0.1, 0.15) is 5.69 Å². The van der Waals surface area contributed by atoms with Crippen molar-refractivity contribution in [2.24, 2.45) is 11.1 Å². The third-order valence-electron chi connectivity index (χ3n) is 6.60. The maximum Gasteiger partial charge on any atom is 0.180 e. The SMILES string of the molecule is Nc1ncc(C=Cc2cnc(N3CCC4(CC3)Cc3ccccc3C4N)c(CO)n2)s1. The van der Waals surface area contributed by atoms with Gasteiger partial charge < -0.3 is 21.5 Å². The van der Waals surface area contributed by atoms with Crippen LogP contribution in [0, 0.1) is 5.41 Å². The molecule has 160 valence electrons. The predicted octanol–water partition coefficient (Wildman–Crippen LogP) is 3.02. The minimum atomic E-state index is -0.149. The average Bonchev–Trinajstić information content (AvgIpc) is 3.34. The van der Waals surface area contributed by atoms with Crippen LogP contribution in [-0.2, 0) is 13.0 Å². The molecule has 5 N–H and O–H groups in total. The number of nitrogens with zero attached hydrogens (tertiary/aromatic N) is 4. The molecule has 3 heterocycles. The van der Waals surface area contributed by atoms with Gasteiger partial charge in [0, 0.05) is 30.2 Å². The number of fused-ring (bicyclic) bond motifs is 1. The van der Waals surface area contributed by atoms with Crippen molar-refractivity contribution in [2.45, 2.75) is 31.9 Å². The third kappa shape index (κ3) is 3.71. The number of anilines is 2. The molecule has 8 heteroatoms. The van der Waals surface area contributed by atoms with Crippen LogP contribution in [0.5, 0.6) is 0 Å². The van der Waals surface area contributed by atoms with Crippen LogP contribution >= 0.6 is 11.3 Å². The first kappa shape index (κ1) is 20.1. The Labute approximate surface area is 185 Å². The summed E-state index contributed by atoms with van der Waals surface area (Å²) < 4.78 is 0. The molecule has 0 bridgehead atoms. The zero-order valence-corrected chi connectivity index (χ0v) is 18.1. The van der Waals surface area contributed by atoms with Gasteiger partial charge in [-0.2, -0.15) is 0 Å². The minimum absolute atomic E-state index is 0.0857. The Hall–Kier alpha value is -2.81. The van der Waals surface area contributed by atoms with E-state index in [0.717, 1.165) is 43.0 Å². The second-order valence-corrected chi connectivity index (χ2v) is 9.45. The van der Waals surface area contributed by atoms with E-state index < -0.39 is 0 Å². The lowest BCUT2D eigenvalue weighted by molar-refractivity contribution is 0.186. The zero-order valence-electron chi connectivity index (χ0n) is 17.2. The highest BCUT2D eigenvalue weighted by atomic mass is 32.1. The summed E-state index contributed by atoms with van der Waals surface area (Å²) in [6, 6.07) is 8.64. The van der Waals surface area contributed by atoms with Gasteiger partial charge in [0.25, 0.3) is 0 Å². The fourth-order valence-electron chi connectivity index (χ4n) is 4.90. The summed E-state index contributed by atoms with van der Waals surface area (Å²) >= 11 is 1.41. The van der Waals surface area contributed by atoms with Crippen molar-refractivity contribution in [3.8, 4) is 0 Å². The highest BCUT2D eigenvalue weighted by molar-refractivity contribution is 7.16. The molecule has 1 unspecified atom stereocenters. The third-order valence-corrected chi connectivity index (χ3v) is 7.39. The lowest BCUT2D eigenvalue weighted by Gasteiger charge is -2.42. The van der Waals surface area contributed by atoms with Crippen LogP contribution in [-0.4, -0.2) is 33.1 Å². The highest BCUT2D eigenvalue weighted by Crippen LogP contribution is 2.51. The van der Waals surface area contributed by atoms with Gasteiger partial charge in [0.05, 0.1) is 18.5 Å². The number of piperidine rings is 1. The van der Waals surface area contributed by atoms with E-state index in [1.807, 2.05) is 12.2 Å². The first-order valence-electron chi connectivity index (χ1n) is 10.5. The van der Waals surface area contributed by atoms with Gasteiger partial charge >= 0.3 is 0 Å². The number of thiazole rings is 1. The Bertz CT molecular complexity index is 1120. The maximum absolute atomic E-state index is 9.93. The number of aromatic nitrogens is 3. The van der Waals surface area contributed by atoms with Crippen LogP contribution in [0.3, 0.4) is 0 Å². The topological polar surface area (TPSA) is 114 Å². The molecule has 1 atom stereocenters. The second-order valence-electron chi connectivity index (χ2n) is 8.36. The van der Waals surface area contributed by atoms with Crippen molar-refractivity contribution >= 4 is 34.4 Å². The quantitative estimate of drug-likeness (QED) is 0.578. The van der Waals surface area contributed by atoms with Crippen molar-refractivity contribution in [2.75, 3.05) is 23.7 Å². The number of aliphatic hydroxyl groups excluding tert-OH is 1. The van der Waals surface area contributed by atoms with E-state index in [2.05, 4.69) is 44.1 Å². The summed E-state index contributed by atoms with van der Waals surface area (Å²) in [5.41, 5.74) is 16.5. The number of nitrogens with two attached hydrogens (primary N) is 2. The van der Waals surface area contributed by atoms with E-state index in [0.29, 0.717) is 16.5 Å². The van der Waals surface area contributed by atoms with Crippen LogP contribution < -0.4 is 16.4 Å². The summed E-state index contributed by atoms with van der Waals surface area (Å²) in [5, 5.41) is 10.5. The van der Waals surface area contributed by atoms with Gasteiger partial charge in [0.2, 0.25) is 0 Å². The Morgan fingerprint density at radius 2 is 1.97 bits per heavy atom. The maximum atomic E-state index is 9.93. The summed E-state index contributed by atoms with van der Waals surface area (Å²) in [5.74, 6) is 0.764. The molecular formula is C23H26N6OS. The second kappa shape index (κ2) is 8.03. The molecule has 7 nitrogen and oxygen atoms in total. The largest absolute Gasteiger partial charge is 0.390 e. The number of benzene rings is 1. The minimum Gasteiger partial charge on any atom is -0.390 e. The van der Waals surface area contributed by atoms with Gasteiger partial charge in [-0.25, -0.2) is 15.0 Å². The monoisotopic (exact) mass is 434 g/mol. The standard InChI is InChI=1S/C23H26N6OS/c24-20-18-4-2-1-3-15(18)11-23(20)7-9-29(10-8-23)21-19(14-30)28-16(12-26-21)5-6-17-13-27-22(25)31-17/h1-6,12-13,20,30H,7-11,14,24H2,(H2,25,27). The lowest BCUT2D eigenvalue weighted by atomic mass is 9.73. The molecule has 1 aromatic carbocycles. The molecular weight excluding hydrogens is 408 g/mol. The van der Waals surface area contributed by atoms with E-state index in [1.165, 1.54) is 22.5 Å². The Morgan fingerprint density at radius 3 is 2.68 bits per heavy atom. The summed E-state index contributed by atoms with van der Waals surface area (Å²) in [6.45, 7) is 1.57. The molecule has 1 spiro atoms. The van der Waals surface area contributed by atoms with Gasteiger partial charge in [0.15, 0.2) is 10.9 Å². The molecule has 2 aliphatic rings. The normalized spacial score (nSPS) is 19.9. The molecule has 0 radical (unpaired) electrons. The Balaban J connectivity index is 1.31. The first-order chi connectivity index (χ1) is 15.1. The number of rotatable bonds is 4. The Morgan fingerprint density at radius 1 is 1.16 bits per heavy atom. The molecule has 2 aromatic heterocycles. The van der Waals surface area contributed by atoms with Crippen molar-refractivity contribution in [3.05, 3.63) is 64.1 Å². The zero-order chi connectivity index (χ0) is 21.4. The summed E-state index contributed by atoms with van der Waals surface area (Å²) in [6.07, 6.45) is 10.3. The van der Waals surface area contributed by atoms with Crippen molar-refractivity contribution in [1.82, 2.24) is 15.0 Å². The number of hydrogen-bond donors (Lipinski definition) is 3. The van der Waals surface area contributed by atoms with Crippen molar-refractivity contribution < 1.29 is 5.11 Å². The number of nitrogen functional groups attached to an aromatic ring is 1. The predicted molar refractivity (Wildman–Crippen MR) is 124 cm³/mol. The molecule has 1 saturated heterocycles. The lowest BCUT2D eigenvalue weighted by Crippen LogP contribution is -2.45. The smallest absolute Gasteiger partial charge is 0.180 e. The average molecular weight is 435 g/mol. The fourth-order valence-corrected chi connectivity index (χ4v) is 5.49. The molecule has 31 heavy (non-hydrogen) atoms. The van der Waals surface area contributed by atoms with E-state index in [-0.39, 0.29) is 18.1 Å². The van der Waals surface area contributed by atoms with Crippen LogP contribution in [0.15, 0.2) is 36.7 Å². The van der Waals surface area contributed by atoms with E-state index in [1.54, 1.807) is 12.4 Å². The van der Waals surface area contributed by atoms with Gasteiger partial charge in [-0.15, -0.1) is 0 Å². The molecule has 1 aliphatic heterocycles. The summed E-state index contributed by atoms with van der Waals surface area (Å²) in [4.78, 5) is 16.5. The molecule has 0 saturated carbocycles. The first-order valence-corrected chi connectivity index (χ1v) is 11.3. The summed E-state index contributed by atoms with van der Waals surface area (Å²) in [7, 11) is 0. The van der Waals surface area contributed by atoms with Gasteiger partial charge in [-0.05, 0) is 48.0 Å². The van der Waals surface area contributed by atoms with Crippen molar-refractivity contribution in [3.63, 3.8) is 0 Å². The van der Waals surface area contributed by atoms with E-state index >= 15 is 0 Å². The Kier molecular flexibility index (Phi) is 5.21. The molecule has 1 aliphatic carbocycles. The van der Waals surface area contributed by atoms with Crippen LogP contribution in [0.2, 0.25) is 0 Å². The number of aliphatic hydroxyl groups is 1.